The van der Waals surface area contributed by atoms with E-state index in [1.54, 1.807) is 15.9 Å². The highest BCUT2D eigenvalue weighted by Crippen LogP contribution is 2.39. The third-order valence-electron chi connectivity index (χ3n) is 9.39. The summed E-state index contributed by atoms with van der Waals surface area (Å²) in [6.07, 6.45) is 6.74. The molecule has 0 N–H and O–H groups in total. The van der Waals surface area contributed by atoms with Gasteiger partial charge < -0.3 is 28.6 Å². The van der Waals surface area contributed by atoms with E-state index >= 15 is 0 Å². The number of hydrogen-bond donors (Lipinski definition) is 0. The summed E-state index contributed by atoms with van der Waals surface area (Å²) in [4.78, 5) is 48.7. The number of aldehydes is 2. The highest BCUT2D eigenvalue weighted by Gasteiger charge is 2.52. The first kappa shape index (κ1) is 44.7. The Hall–Kier alpha value is -3.74. The van der Waals surface area contributed by atoms with E-state index in [0.29, 0.717) is 37.3 Å². The van der Waals surface area contributed by atoms with Crippen LogP contribution in [0.5, 0.6) is 0 Å². The molecule has 0 aromatic heterocycles. The molecule has 0 aliphatic carbocycles. The first-order valence-electron chi connectivity index (χ1n) is 18.4. The molecule has 294 valence electrons. The highest BCUT2D eigenvalue weighted by molar-refractivity contribution is 9.10. The Morgan fingerprint density at radius 2 is 1.20 bits per heavy atom. The van der Waals surface area contributed by atoms with Crippen LogP contribution in [0.1, 0.15) is 119 Å². The average Bonchev–Trinajstić information content (AvgIpc) is 3.31. The molecule has 0 radical (unpaired) electrons. The number of nitrogens with zero attached hydrogens (tertiary/aromatic N) is 2. The molecule has 54 heavy (non-hydrogen) atoms. The van der Waals surface area contributed by atoms with Crippen LogP contribution in [0, 0.1) is 13.8 Å². The number of carbonyl (C=O) groups excluding carboxylic acids is 4. The van der Waals surface area contributed by atoms with E-state index in [0.717, 1.165) is 52.0 Å². The molecule has 12 heteroatoms. The van der Waals surface area contributed by atoms with Crippen LogP contribution in [0.25, 0.3) is 5.57 Å². The standard InChI is InChI=1S/C18H23NO3.C16H28BNO4.C8H7BrO/c1-13-5-6-14(12-20)11-16(13)15-7-9-19(10-8-15)17(21)22-18(2,3)4;1-14(2,3)20-13(19)18-10-8-12(9-11-18)17-21-15(4,5)16(6,7)22-17;1-6-2-3-7(5-10)4-8(6)9/h5-7,11-12H,8-10H2,1-4H3;8H,9-11H2,1-7H3;2-5H,1H3. The first-order chi connectivity index (χ1) is 24.9. The summed E-state index contributed by atoms with van der Waals surface area (Å²) in [6, 6.07) is 11.2. The normalized spacial score (nSPS) is 17.8. The van der Waals surface area contributed by atoms with E-state index in [-0.39, 0.29) is 30.5 Å². The van der Waals surface area contributed by atoms with E-state index < -0.39 is 11.2 Å². The average molecular weight is 810 g/mol. The second-order valence-corrected chi connectivity index (χ2v) is 17.6. The van der Waals surface area contributed by atoms with Crippen LogP contribution in [0.15, 0.2) is 58.5 Å². The number of hydrogen-bond acceptors (Lipinski definition) is 8. The van der Waals surface area contributed by atoms with E-state index in [1.807, 2.05) is 126 Å². The minimum atomic E-state index is -0.476. The van der Waals surface area contributed by atoms with Gasteiger partial charge in [-0.1, -0.05) is 52.3 Å². The summed E-state index contributed by atoms with van der Waals surface area (Å²) < 4.78 is 23.9. The predicted molar refractivity (Wildman–Crippen MR) is 218 cm³/mol. The zero-order chi connectivity index (χ0) is 40.6. The molecule has 5 rings (SSSR count). The Bertz CT molecular complexity index is 1720. The molecule has 0 unspecified atom stereocenters. The largest absolute Gasteiger partial charge is 0.490 e. The number of rotatable bonds is 4. The van der Waals surface area contributed by atoms with Gasteiger partial charge in [0.25, 0.3) is 0 Å². The lowest BCUT2D eigenvalue weighted by atomic mass is 9.75. The quantitative estimate of drug-likeness (QED) is 0.222. The van der Waals surface area contributed by atoms with Crippen LogP contribution in [0.2, 0.25) is 0 Å². The second kappa shape index (κ2) is 18.3. The van der Waals surface area contributed by atoms with E-state index in [4.69, 9.17) is 18.8 Å². The fraction of sp³-hybridized carbons (Fsp3) is 0.524. The van der Waals surface area contributed by atoms with Crippen LogP contribution >= 0.6 is 15.9 Å². The van der Waals surface area contributed by atoms with E-state index in [9.17, 15) is 19.2 Å². The zero-order valence-corrected chi connectivity index (χ0v) is 35.7. The van der Waals surface area contributed by atoms with Gasteiger partial charge >= 0.3 is 19.3 Å². The van der Waals surface area contributed by atoms with Crippen LogP contribution in [-0.2, 0) is 18.8 Å². The monoisotopic (exact) mass is 808 g/mol. The van der Waals surface area contributed by atoms with Crippen molar-refractivity contribution in [1.29, 1.82) is 0 Å². The van der Waals surface area contributed by atoms with Gasteiger partial charge in [-0.25, -0.2) is 9.59 Å². The number of amides is 2. The van der Waals surface area contributed by atoms with Crippen molar-refractivity contribution in [3.63, 3.8) is 0 Å². The molecule has 1 saturated heterocycles. The summed E-state index contributed by atoms with van der Waals surface area (Å²) in [7, 11) is -0.314. The Balaban J connectivity index is 0.000000233. The molecule has 1 fully saturated rings. The number of halogens is 1. The van der Waals surface area contributed by atoms with Gasteiger partial charge in [-0.3, -0.25) is 9.59 Å². The maximum Gasteiger partial charge on any atom is 0.490 e. The minimum absolute atomic E-state index is 0.267. The summed E-state index contributed by atoms with van der Waals surface area (Å²) in [5.41, 5.74) is 5.44. The lowest BCUT2D eigenvalue weighted by Gasteiger charge is -2.32. The van der Waals surface area contributed by atoms with Gasteiger partial charge in [-0.15, -0.1) is 0 Å². The van der Waals surface area contributed by atoms with Gasteiger partial charge in [-0.05, 0) is 136 Å². The SMILES string of the molecule is CC(C)(C)OC(=O)N1CC=C(B2OC(C)(C)C(C)(C)O2)CC1.Cc1ccc(C=O)cc1Br.Cc1ccc(C=O)cc1C1=CCN(C(=O)OC(C)(C)C)CC1. The van der Waals surface area contributed by atoms with E-state index in [1.165, 1.54) is 5.57 Å². The molecule has 2 aromatic carbocycles. The van der Waals surface area contributed by atoms with Crippen molar-refractivity contribution in [3.8, 4) is 0 Å². The molecule has 0 bridgehead atoms. The van der Waals surface area contributed by atoms with Gasteiger partial charge in [0.2, 0.25) is 0 Å². The van der Waals surface area contributed by atoms with Crippen molar-refractivity contribution in [2.75, 3.05) is 26.2 Å². The zero-order valence-electron chi connectivity index (χ0n) is 34.1. The fourth-order valence-electron chi connectivity index (χ4n) is 5.53. The van der Waals surface area contributed by atoms with Crippen LogP contribution in [-0.4, -0.2) is 90.3 Å². The molecule has 10 nitrogen and oxygen atoms in total. The van der Waals surface area contributed by atoms with Crippen molar-refractivity contribution in [1.82, 2.24) is 9.80 Å². The number of benzene rings is 2. The third kappa shape index (κ3) is 12.9. The van der Waals surface area contributed by atoms with Crippen LogP contribution in [0.3, 0.4) is 0 Å². The predicted octanol–water partition coefficient (Wildman–Crippen LogP) is 9.59. The van der Waals surface area contributed by atoms with E-state index in [2.05, 4.69) is 15.9 Å². The van der Waals surface area contributed by atoms with Crippen molar-refractivity contribution in [2.24, 2.45) is 0 Å². The number of aryl methyl sites for hydroxylation is 2. The van der Waals surface area contributed by atoms with Crippen molar-refractivity contribution < 1.29 is 38.0 Å². The maximum atomic E-state index is 12.1. The molecular formula is C42H58BBrN2O8. The Morgan fingerprint density at radius 1 is 0.741 bits per heavy atom. The summed E-state index contributed by atoms with van der Waals surface area (Å²) >= 11 is 3.33. The molecule has 2 aromatic rings. The Labute approximate surface area is 330 Å². The van der Waals surface area contributed by atoms with Crippen LogP contribution in [0.4, 0.5) is 9.59 Å². The number of ether oxygens (including phenoxy) is 2. The topological polar surface area (TPSA) is 112 Å². The van der Waals surface area contributed by atoms with Gasteiger partial charge in [0, 0.05) is 41.8 Å². The molecular weight excluding hydrogens is 751 g/mol. The Kier molecular flexibility index (Phi) is 15.1. The molecule has 2 amide bonds. The molecule has 0 spiro atoms. The molecule has 3 heterocycles. The van der Waals surface area contributed by atoms with Gasteiger partial charge in [-0.2, -0.15) is 0 Å². The minimum Gasteiger partial charge on any atom is -0.444 e. The van der Waals surface area contributed by atoms with Crippen molar-refractivity contribution in [2.45, 2.75) is 118 Å². The lowest BCUT2D eigenvalue weighted by Crippen LogP contribution is -2.41. The number of carbonyl (C=O) groups is 4. The van der Waals surface area contributed by atoms with Crippen molar-refractivity contribution in [3.05, 3.63) is 86.3 Å². The lowest BCUT2D eigenvalue weighted by molar-refractivity contribution is 0.00578. The van der Waals surface area contributed by atoms with Gasteiger partial charge in [0.05, 0.1) is 11.2 Å². The molecule has 3 aliphatic heterocycles. The second-order valence-electron chi connectivity index (χ2n) is 16.8. The third-order valence-corrected chi connectivity index (χ3v) is 10.2. The fourth-order valence-corrected chi connectivity index (χ4v) is 5.93. The first-order valence-corrected chi connectivity index (χ1v) is 19.2. The van der Waals surface area contributed by atoms with Gasteiger partial charge in [0.15, 0.2) is 0 Å². The van der Waals surface area contributed by atoms with Crippen LogP contribution < -0.4 is 0 Å². The van der Waals surface area contributed by atoms with Gasteiger partial charge in [0.1, 0.15) is 23.8 Å². The molecule has 0 saturated carbocycles. The summed E-state index contributed by atoms with van der Waals surface area (Å²) in [6.45, 7) is 25.8. The maximum absolute atomic E-state index is 12.1. The summed E-state index contributed by atoms with van der Waals surface area (Å²) in [5, 5.41) is 0. The Morgan fingerprint density at radius 3 is 1.61 bits per heavy atom. The highest BCUT2D eigenvalue weighted by atomic mass is 79.9. The summed E-state index contributed by atoms with van der Waals surface area (Å²) in [5.74, 6) is 0. The molecule has 3 aliphatic rings. The molecule has 0 atom stereocenters. The van der Waals surface area contributed by atoms with Crippen molar-refractivity contribution >= 4 is 53.4 Å². The smallest absolute Gasteiger partial charge is 0.444 e.